The van der Waals surface area contributed by atoms with Crippen molar-refractivity contribution in [3.8, 4) is 0 Å². The van der Waals surface area contributed by atoms with E-state index in [0.29, 0.717) is 12.4 Å². The van der Waals surface area contributed by atoms with Crippen LogP contribution >= 0.6 is 0 Å². The number of amides is 1. The second kappa shape index (κ2) is 5.18. The number of anilines is 1. The molecule has 78 valence electrons. The third-order valence-corrected chi connectivity index (χ3v) is 1.41. The van der Waals surface area contributed by atoms with E-state index in [-0.39, 0.29) is 12.6 Å². The fourth-order valence-electron chi connectivity index (χ4n) is 0.791. The molecule has 0 spiro atoms. The van der Waals surface area contributed by atoms with Crippen LogP contribution in [0.1, 0.15) is 12.8 Å². The number of hydrogen-bond donors (Lipinski definition) is 3. The van der Waals surface area contributed by atoms with E-state index in [0.717, 1.165) is 6.54 Å². The molecule has 1 aromatic heterocycles. The third-order valence-electron chi connectivity index (χ3n) is 1.41. The van der Waals surface area contributed by atoms with E-state index in [2.05, 4.69) is 20.8 Å². The molecule has 0 unspecified atom stereocenters. The van der Waals surface area contributed by atoms with E-state index in [4.69, 9.17) is 10.2 Å². The molecule has 0 radical (unpaired) electrons. The van der Waals surface area contributed by atoms with Crippen LogP contribution in [0.3, 0.4) is 0 Å². The van der Waals surface area contributed by atoms with Crippen LogP contribution in [0, 0.1) is 0 Å². The molecule has 0 saturated heterocycles. The molecule has 14 heavy (non-hydrogen) atoms. The summed E-state index contributed by atoms with van der Waals surface area (Å²) in [5, 5.41) is 13.0. The van der Waals surface area contributed by atoms with Crippen LogP contribution in [0.4, 0.5) is 6.01 Å². The average molecular weight is 199 g/mol. The standard InChI is InChI=1S/C7H13N5O2/c1-2-9-4-6-11-12-7(14-6)10-3-5(8)13/h9H,2-4H2,1H3,(H2,8,13)(H,10,12). The highest BCUT2D eigenvalue weighted by atomic mass is 16.4. The van der Waals surface area contributed by atoms with Crippen LogP contribution in [-0.2, 0) is 11.3 Å². The molecule has 0 fully saturated rings. The highest BCUT2D eigenvalue weighted by Crippen LogP contribution is 2.03. The Morgan fingerprint density at radius 1 is 1.57 bits per heavy atom. The van der Waals surface area contributed by atoms with E-state index in [1.54, 1.807) is 0 Å². The Balaban J connectivity index is 2.38. The molecular weight excluding hydrogens is 186 g/mol. The van der Waals surface area contributed by atoms with Gasteiger partial charge in [0, 0.05) is 0 Å². The Morgan fingerprint density at radius 3 is 3.00 bits per heavy atom. The van der Waals surface area contributed by atoms with Crippen LogP contribution in [-0.4, -0.2) is 29.2 Å². The van der Waals surface area contributed by atoms with Gasteiger partial charge in [0.15, 0.2) is 0 Å². The molecule has 1 rings (SSSR count). The molecular formula is C7H13N5O2. The largest absolute Gasteiger partial charge is 0.407 e. The van der Waals surface area contributed by atoms with Gasteiger partial charge in [0.2, 0.25) is 11.8 Å². The number of carbonyl (C=O) groups is 1. The molecule has 0 aromatic carbocycles. The van der Waals surface area contributed by atoms with Gasteiger partial charge >= 0.3 is 6.01 Å². The maximum Gasteiger partial charge on any atom is 0.315 e. The Morgan fingerprint density at radius 2 is 2.36 bits per heavy atom. The molecule has 0 saturated carbocycles. The summed E-state index contributed by atoms with van der Waals surface area (Å²) >= 11 is 0. The predicted molar refractivity (Wildman–Crippen MR) is 49.4 cm³/mol. The molecule has 0 bridgehead atoms. The fourth-order valence-corrected chi connectivity index (χ4v) is 0.791. The third kappa shape index (κ3) is 3.40. The van der Waals surface area contributed by atoms with E-state index in [1.165, 1.54) is 0 Å². The Hall–Kier alpha value is -1.63. The number of nitrogens with one attached hydrogen (secondary N) is 2. The van der Waals surface area contributed by atoms with Crippen LogP contribution in [0.25, 0.3) is 0 Å². The average Bonchev–Trinajstić information content (AvgIpc) is 2.59. The molecule has 0 aliphatic carbocycles. The SMILES string of the molecule is CCNCc1nnc(NCC(N)=O)o1. The monoisotopic (exact) mass is 199 g/mol. The molecule has 0 atom stereocenters. The normalized spacial score (nSPS) is 10.1. The maximum atomic E-state index is 10.4. The van der Waals surface area contributed by atoms with E-state index >= 15 is 0 Å². The Bertz CT molecular complexity index is 298. The van der Waals surface area contributed by atoms with Crippen LogP contribution < -0.4 is 16.4 Å². The molecule has 7 nitrogen and oxygen atoms in total. The van der Waals surface area contributed by atoms with Crippen molar-refractivity contribution in [2.45, 2.75) is 13.5 Å². The first-order valence-corrected chi connectivity index (χ1v) is 4.27. The molecule has 1 aromatic rings. The second-order valence-corrected chi connectivity index (χ2v) is 2.60. The summed E-state index contributed by atoms with van der Waals surface area (Å²) in [5.41, 5.74) is 4.92. The van der Waals surface area contributed by atoms with Gasteiger partial charge in [0.25, 0.3) is 0 Å². The highest BCUT2D eigenvalue weighted by molar-refractivity contribution is 5.78. The molecule has 0 aliphatic rings. The smallest absolute Gasteiger partial charge is 0.315 e. The molecule has 4 N–H and O–H groups in total. The first-order chi connectivity index (χ1) is 6.72. The van der Waals surface area contributed by atoms with Crippen molar-refractivity contribution in [2.24, 2.45) is 5.73 Å². The summed E-state index contributed by atoms with van der Waals surface area (Å²) in [6.07, 6.45) is 0. The van der Waals surface area contributed by atoms with Gasteiger partial charge in [-0.1, -0.05) is 12.0 Å². The van der Waals surface area contributed by atoms with Gasteiger partial charge in [-0.2, -0.15) is 0 Å². The van der Waals surface area contributed by atoms with Gasteiger partial charge in [-0.15, -0.1) is 5.10 Å². The van der Waals surface area contributed by atoms with E-state index in [9.17, 15) is 4.79 Å². The van der Waals surface area contributed by atoms with Gasteiger partial charge in [-0.3, -0.25) is 4.79 Å². The van der Waals surface area contributed by atoms with E-state index in [1.807, 2.05) is 6.92 Å². The van der Waals surface area contributed by atoms with Gasteiger partial charge in [-0.25, -0.2) is 0 Å². The number of nitrogens with zero attached hydrogens (tertiary/aromatic N) is 2. The number of rotatable bonds is 6. The second-order valence-electron chi connectivity index (χ2n) is 2.60. The summed E-state index contributed by atoms with van der Waals surface area (Å²) in [6.45, 7) is 3.31. The predicted octanol–water partition coefficient (Wildman–Crippen LogP) is -0.924. The van der Waals surface area contributed by atoms with Crippen molar-refractivity contribution in [3.63, 3.8) is 0 Å². The van der Waals surface area contributed by atoms with Gasteiger partial charge in [0.05, 0.1) is 13.1 Å². The number of primary amides is 1. The van der Waals surface area contributed by atoms with Crippen LogP contribution in [0.15, 0.2) is 4.42 Å². The van der Waals surface area contributed by atoms with Crippen LogP contribution in [0.2, 0.25) is 0 Å². The number of aromatic nitrogens is 2. The highest BCUT2D eigenvalue weighted by Gasteiger charge is 2.04. The lowest BCUT2D eigenvalue weighted by Crippen LogP contribution is -2.21. The van der Waals surface area contributed by atoms with Gasteiger partial charge < -0.3 is 20.8 Å². The van der Waals surface area contributed by atoms with Crippen molar-refractivity contribution >= 4 is 11.9 Å². The van der Waals surface area contributed by atoms with Gasteiger partial charge in [0.1, 0.15) is 0 Å². The molecule has 0 aliphatic heterocycles. The number of hydrogen-bond acceptors (Lipinski definition) is 6. The summed E-state index contributed by atoms with van der Waals surface area (Å²) in [5.74, 6) is -0.00439. The minimum Gasteiger partial charge on any atom is -0.407 e. The van der Waals surface area contributed by atoms with Gasteiger partial charge in [-0.05, 0) is 6.54 Å². The van der Waals surface area contributed by atoms with Crippen molar-refractivity contribution in [2.75, 3.05) is 18.4 Å². The minimum atomic E-state index is -0.476. The molecule has 1 heterocycles. The zero-order valence-electron chi connectivity index (χ0n) is 7.91. The van der Waals surface area contributed by atoms with E-state index < -0.39 is 5.91 Å². The fraction of sp³-hybridized carbons (Fsp3) is 0.571. The first-order valence-electron chi connectivity index (χ1n) is 4.27. The topological polar surface area (TPSA) is 106 Å². The molecule has 1 amide bonds. The minimum absolute atomic E-state index is 0.0111. The summed E-state index contributed by atoms with van der Waals surface area (Å²) in [6, 6.07) is 0.205. The lowest BCUT2D eigenvalue weighted by molar-refractivity contribution is -0.116. The number of nitrogens with two attached hydrogens (primary N) is 1. The summed E-state index contributed by atoms with van der Waals surface area (Å²) in [7, 11) is 0. The summed E-state index contributed by atoms with van der Waals surface area (Å²) in [4.78, 5) is 10.4. The van der Waals surface area contributed by atoms with Crippen molar-refractivity contribution in [1.29, 1.82) is 0 Å². The number of carbonyl (C=O) groups excluding carboxylic acids is 1. The lowest BCUT2D eigenvalue weighted by Gasteiger charge is -1.95. The molecule has 7 heteroatoms. The zero-order chi connectivity index (χ0) is 10.4. The Kier molecular flexibility index (Phi) is 3.86. The first kappa shape index (κ1) is 10.5. The lowest BCUT2D eigenvalue weighted by atomic mass is 10.6. The van der Waals surface area contributed by atoms with Crippen molar-refractivity contribution in [1.82, 2.24) is 15.5 Å². The van der Waals surface area contributed by atoms with Crippen molar-refractivity contribution in [3.05, 3.63) is 5.89 Å². The maximum absolute atomic E-state index is 10.4. The Labute approximate surface area is 81.1 Å². The van der Waals surface area contributed by atoms with Crippen molar-refractivity contribution < 1.29 is 9.21 Å². The summed E-state index contributed by atoms with van der Waals surface area (Å²) < 4.78 is 5.13. The van der Waals surface area contributed by atoms with Crippen LogP contribution in [0.5, 0.6) is 0 Å². The quantitative estimate of drug-likeness (QED) is 0.547. The zero-order valence-corrected chi connectivity index (χ0v) is 7.91.